The van der Waals surface area contributed by atoms with Crippen LogP contribution >= 0.6 is 0 Å². The number of nitrogens with zero attached hydrogens (tertiary/aromatic N) is 2. The molecule has 0 spiro atoms. The summed E-state index contributed by atoms with van der Waals surface area (Å²) in [6.07, 6.45) is -4.91. The Balaban J connectivity index is 1.66. The average Bonchev–Trinajstić information content (AvgIpc) is 3.12. The summed E-state index contributed by atoms with van der Waals surface area (Å²) in [5.74, 6) is 1.07. The number of rotatable bonds is 3. The van der Waals surface area contributed by atoms with Crippen molar-refractivity contribution >= 4 is 5.91 Å². The second-order valence-electron chi connectivity index (χ2n) is 7.96. The molecule has 1 amide bonds. The summed E-state index contributed by atoms with van der Waals surface area (Å²) in [6, 6.07) is 19.4. The number of alkyl halides is 3. The van der Waals surface area contributed by atoms with Crippen LogP contribution in [0, 0.1) is 0 Å². The monoisotopic (exact) mass is 454 g/mol. The summed E-state index contributed by atoms with van der Waals surface area (Å²) in [6.45, 7) is 0.388. The zero-order valence-corrected chi connectivity index (χ0v) is 17.8. The van der Waals surface area contributed by atoms with Crippen molar-refractivity contribution in [1.29, 1.82) is 0 Å². The molecular formula is C25H21F3N2O3. The van der Waals surface area contributed by atoms with Gasteiger partial charge >= 0.3 is 6.18 Å². The number of hydrazine groups is 1. The van der Waals surface area contributed by atoms with Crippen LogP contribution in [0.25, 0.3) is 0 Å². The first-order valence-electron chi connectivity index (χ1n) is 10.5. The second kappa shape index (κ2) is 8.12. The second-order valence-corrected chi connectivity index (χ2v) is 7.96. The number of carbonyl (C=O) groups is 1. The third-order valence-electron chi connectivity index (χ3n) is 5.99. The van der Waals surface area contributed by atoms with Crippen molar-refractivity contribution in [2.75, 3.05) is 13.7 Å². The summed E-state index contributed by atoms with van der Waals surface area (Å²) in [5.41, 5.74) is 1.43. The summed E-state index contributed by atoms with van der Waals surface area (Å²) < 4.78 is 51.1. The molecule has 3 aromatic carbocycles. The molecule has 2 aliphatic rings. The number of hydrogen-bond donors (Lipinski definition) is 0. The summed E-state index contributed by atoms with van der Waals surface area (Å²) in [7, 11) is 1.56. The van der Waals surface area contributed by atoms with Gasteiger partial charge in [-0.05, 0) is 35.9 Å². The van der Waals surface area contributed by atoms with Gasteiger partial charge in [0.05, 0.1) is 12.7 Å². The van der Waals surface area contributed by atoms with E-state index in [1.165, 1.54) is 12.1 Å². The minimum atomic E-state index is -4.43. The van der Waals surface area contributed by atoms with Gasteiger partial charge in [-0.2, -0.15) is 18.2 Å². The molecule has 1 fully saturated rings. The minimum absolute atomic E-state index is 0.0833. The number of ether oxygens (including phenoxy) is 2. The van der Waals surface area contributed by atoms with Gasteiger partial charge in [0.2, 0.25) is 5.91 Å². The average molecular weight is 454 g/mol. The SMILES string of the molecule is COc1ccc2c(c1)[C@H](c1ccccc1)N1C(=O)CCN1[C@H](c1ccc(C(F)(F)F)cc1)O2. The summed E-state index contributed by atoms with van der Waals surface area (Å²) in [5, 5.41) is 3.47. The standard InChI is InChI=1S/C25H21F3N2O3/c1-32-19-11-12-21-20(15-19)23(16-5-3-2-4-6-16)30-22(31)13-14-29(30)24(33-21)17-7-9-18(10-8-17)25(26,27)28/h2-12,15,23-24H,13-14H2,1H3/t23-,24-/m0/s1. The largest absolute Gasteiger partial charge is 0.497 e. The number of methoxy groups -OCH3 is 1. The molecule has 1 saturated heterocycles. The van der Waals surface area contributed by atoms with Gasteiger partial charge in [-0.1, -0.05) is 42.5 Å². The van der Waals surface area contributed by atoms with Gasteiger partial charge in [0.25, 0.3) is 0 Å². The predicted octanol–water partition coefficient (Wildman–Crippen LogP) is 5.34. The number of hydrogen-bond acceptors (Lipinski definition) is 4. The van der Waals surface area contributed by atoms with Crippen LogP contribution in [-0.4, -0.2) is 29.6 Å². The van der Waals surface area contributed by atoms with Gasteiger partial charge in [-0.25, -0.2) is 0 Å². The van der Waals surface area contributed by atoms with E-state index in [0.29, 0.717) is 23.6 Å². The van der Waals surface area contributed by atoms with Gasteiger partial charge in [0, 0.05) is 24.1 Å². The third kappa shape index (κ3) is 3.80. The normalized spacial score (nSPS) is 20.6. The van der Waals surface area contributed by atoms with E-state index in [9.17, 15) is 18.0 Å². The quantitative estimate of drug-likeness (QED) is 0.536. The predicted molar refractivity (Wildman–Crippen MR) is 114 cm³/mol. The molecule has 0 unspecified atom stereocenters. The molecule has 0 radical (unpaired) electrons. The van der Waals surface area contributed by atoms with E-state index < -0.39 is 24.0 Å². The number of carbonyl (C=O) groups excluding carboxylic acids is 1. The molecule has 0 aromatic heterocycles. The van der Waals surface area contributed by atoms with Crippen LogP contribution in [0.15, 0.2) is 72.8 Å². The molecule has 0 N–H and O–H groups in total. The van der Waals surface area contributed by atoms with Crippen molar-refractivity contribution < 1.29 is 27.4 Å². The number of amides is 1. The van der Waals surface area contributed by atoms with Gasteiger partial charge in [-0.3, -0.25) is 9.80 Å². The Morgan fingerprint density at radius 2 is 1.70 bits per heavy atom. The van der Waals surface area contributed by atoms with Gasteiger partial charge in [0.15, 0.2) is 6.23 Å². The molecule has 8 heteroatoms. The fraction of sp³-hybridized carbons (Fsp3) is 0.240. The molecular weight excluding hydrogens is 433 g/mol. The van der Waals surface area contributed by atoms with Crippen molar-refractivity contribution in [2.24, 2.45) is 0 Å². The molecule has 3 aromatic rings. The third-order valence-corrected chi connectivity index (χ3v) is 5.99. The van der Waals surface area contributed by atoms with Crippen LogP contribution in [0.5, 0.6) is 11.5 Å². The first-order valence-corrected chi connectivity index (χ1v) is 10.5. The van der Waals surface area contributed by atoms with E-state index in [2.05, 4.69) is 0 Å². The lowest BCUT2D eigenvalue weighted by Crippen LogP contribution is -2.44. The van der Waals surface area contributed by atoms with Crippen LogP contribution in [0.1, 0.15) is 40.9 Å². The fourth-order valence-electron chi connectivity index (χ4n) is 4.42. The minimum Gasteiger partial charge on any atom is -0.497 e. The molecule has 0 aliphatic carbocycles. The van der Waals surface area contributed by atoms with Crippen LogP contribution in [0.2, 0.25) is 0 Å². The Morgan fingerprint density at radius 1 is 0.970 bits per heavy atom. The van der Waals surface area contributed by atoms with Crippen LogP contribution in [0.4, 0.5) is 13.2 Å². The number of fused-ring (bicyclic) bond motifs is 2. The lowest BCUT2D eigenvalue weighted by atomic mass is 9.97. The highest BCUT2D eigenvalue weighted by Crippen LogP contribution is 2.46. The lowest BCUT2D eigenvalue weighted by Gasteiger charge is -2.36. The Kier molecular flexibility index (Phi) is 5.25. The highest BCUT2D eigenvalue weighted by atomic mass is 19.4. The van der Waals surface area contributed by atoms with Crippen LogP contribution < -0.4 is 9.47 Å². The lowest BCUT2D eigenvalue weighted by molar-refractivity contribution is -0.154. The fourth-order valence-corrected chi connectivity index (χ4v) is 4.42. The number of benzene rings is 3. The molecule has 2 heterocycles. The molecule has 2 aliphatic heterocycles. The van der Waals surface area contributed by atoms with E-state index in [1.807, 2.05) is 36.4 Å². The Bertz CT molecular complexity index is 1170. The van der Waals surface area contributed by atoms with E-state index in [0.717, 1.165) is 23.3 Å². The maximum Gasteiger partial charge on any atom is 0.416 e. The van der Waals surface area contributed by atoms with Crippen molar-refractivity contribution in [3.05, 3.63) is 95.1 Å². The molecule has 0 bridgehead atoms. The maximum atomic E-state index is 13.1. The van der Waals surface area contributed by atoms with Gasteiger partial charge in [0.1, 0.15) is 17.5 Å². The Labute approximate surface area is 188 Å². The molecule has 33 heavy (non-hydrogen) atoms. The Hall–Kier alpha value is -3.52. The van der Waals surface area contributed by atoms with E-state index >= 15 is 0 Å². The molecule has 5 nitrogen and oxygen atoms in total. The van der Waals surface area contributed by atoms with Gasteiger partial charge in [-0.15, -0.1) is 0 Å². The highest BCUT2D eigenvalue weighted by molar-refractivity contribution is 5.79. The first kappa shape index (κ1) is 21.3. The summed E-state index contributed by atoms with van der Waals surface area (Å²) >= 11 is 0. The maximum absolute atomic E-state index is 13.1. The van der Waals surface area contributed by atoms with E-state index in [1.54, 1.807) is 29.3 Å². The van der Waals surface area contributed by atoms with E-state index in [-0.39, 0.29) is 12.3 Å². The van der Waals surface area contributed by atoms with E-state index in [4.69, 9.17) is 9.47 Å². The smallest absolute Gasteiger partial charge is 0.416 e. The zero-order chi connectivity index (χ0) is 23.2. The van der Waals surface area contributed by atoms with Gasteiger partial charge < -0.3 is 9.47 Å². The number of halogens is 3. The topological polar surface area (TPSA) is 42.0 Å². The van der Waals surface area contributed by atoms with Crippen LogP contribution in [0.3, 0.4) is 0 Å². The van der Waals surface area contributed by atoms with Crippen LogP contribution in [-0.2, 0) is 11.0 Å². The Morgan fingerprint density at radius 3 is 2.36 bits per heavy atom. The molecule has 5 rings (SSSR count). The highest BCUT2D eigenvalue weighted by Gasteiger charge is 2.45. The molecule has 0 saturated carbocycles. The molecule has 170 valence electrons. The summed E-state index contributed by atoms with van der Waals surface area (Å²) in [4.78, 5) is 13.1. The molecule has 2 atom stereocenters. The zero-order valence-electron chi connectivity index (χ0n) is 17.8. The van der Waals surface area contributed by atoms with Crippen molar-refractivity contribution in [2.45, 2.75) is 24.9 Å². The van der Waals surface area contributed by atoms with Crippen molar-refractivity contribution in [1.82, 2.24) is 10.0 Å². The van der Waals surface area contributed by atoms with Crippen molar-refractivity contribution in [3.8, 4) is 11.5 Å². The first-order chi connectivity index (χ1) is 15.9. The van der Waals surface area contributed by atoms with Crippen molar-refractivity contribution in [3.63, 3.8) is 0 Å².